The summed E-state index contributed by atoms with van der Waals surface area (Å²) in [6.07, 6.45) is 3.56. The fourth-order valence-corrected chi connectivity index (χ4v) is 2.71. The van der Waals surface area contributed by atoms with Crippen LogP contribution in [-0.4, -0.2) is 20.5 Å². The fourth-order valence-electron chi connectivity index (χ4n) is 1.76. The van der Waals surface area contributed by atoms with E-state index in [2.05, 4.69) is 5.32 Å². The van der Waals surface area contributed by atoms with Crippen molar-refractivity contribution < 1.29 is 26.0 Å². The minimum absolute atomic E-state index is 0.231. The number of halogens is 4. The van der Waals surface area contributed by atoms with Crippen LogP contribution in [0.25, 0.3) is 0 Å². The highest BCUT2D eigenvalue weighted by Crippen LogP contribution is 2.34. The number of anilines is 1. The number of nitrogens with one attached hydrogen (secondary N) is 1. The van der Waals surface area contributed by atoms with Crippen LogP contribution in [0.4, 0.5) is 23.2 Å². The molecule has 0 saturated heterocycles. The summed E-state index contributed by atoms with van der Waals surface area (Å²) in [5.74, 6) is -1.03. The average molecular weight is 327 g/mol. The molecule has 0 atom stereocenters. The molecular formula is C13H17F4NO2S. The summed E-state index contributed by atoms with van der Waals surface area (Å²) in [7, 11) is -5.58. The number of unbranched alkanes of at least 4 members (excludes halogenated alkanes) is 3. The van der Waals surface area contributed by atoms with Crippen molar-refractivity contribution >= 4 is 15.5 Å². The van der Waals surface area contributed by atoms with Gasteiger partial charge >= 0.3 is 5.51 Å². The van der Waals surface area contributed by atoms with E-state index in [0.717, 1.165) is 31.4 Å². The van der Waals surface area contributed by atoms with Crippen LogP contribution in [0.2, 0.25) is 0 Å². The lowest BCUT2D eigenvalue weighted by Crippen LogP contribution is -2.24. The molecule has 0 spiro atoms. The molecule has 120 valence electrons. The maximum Gasteiger partial charge on any atom is 0.501 e. The smallest absolute Gasteiger partial charge is 0.384 e. The Morgan fingerprint density at radius 1 is 1.14 bits per heavy atom. The quantitative estimate of drug-likeness (QED) is 0.605. The molecule has 1 rings (SSSR count). The highest BCUT2D eigenvalue weighted by molar-refractivity contribution is 7.92. The Morgan fingerprint density at radius 2 is 1.81 bits per heavy atom. The third-order valence-electron chi connectivity index (χ3n) is 2.88. The Kier molecular flexibility index (Phi) is 6.00. The number of hydrogen-bond donors (Lipinski definition) is 1. The lowest BCUT2D eigenvalue weighted by molar-refractivity contribution is -0.0435. The Labute approximate surface area is 121 Å². The summed E-state index contributed by atoms with van der Waals surface area (Å²) in [5, 5.41) is 2.63. The summed E-state index contributed by atoms with van der Waals surface area (Å²) in [5.41, 5.74) is -5.69. The molecule has 0 heterocycles. The minimum Gasteiger partial charge on any atom is -0.384 e. The van der Waals surface area contributed by atoms with Crippen LogP contribution >= 0.6 is 0 Å². The number of sulfone groups is 1. The maximum atomic E-state index is 13.1. The van der Waals surface area contributed by atoms with Crippen molar-refractivity contribution in [3.63, 3.8) is 0 Å². The second-order valence-electron chi connectivity index (χ2n) is 4.58. The third kappa shape index (κ3) is 4.59. The monoisotopic (exact) mass is 327 g/mol. The van der Waals surface area contributed by atoms with Crippen molar-refractivity contribution in [3.05, 3.63) is 24.0 Å². The van der Waals surface area contributed by atoms with Gasteiger partial charge < -0.3 is 5.32 Å². The van der Waals surface area contributed by atoms with E-state index in [-0.39, 0.29) is 5.69 Å². The second-order valence-corrected chi connectivity index (χ2v) is 6.49. The van der Waals surface area contributed by atoms with Crippen molar-refractivity contribution in [2.45, 2.75) is 43.0 Å². The van der Waals surface area contributed by atoms with E-state index in [4.69, 9.17) is 0 Å². The van der Waals surface area contributed by atoms with Gasteiger partial charge in [-0.2, -0.15) is 13.2 Å². The molecule has 0 fully saturated rings. The lowest BCUT2D eigenvalue weighted by atomic mass is 10.2. The van der Waals surface area contributed by atoms with Crippen molar-refractivity contribution in [2.24, 2.45) is 0 Å². The molecule has 0 aromatic heterocycles. The Balaban J connectivity index is 2.96. The molecule has 0 aliphatic heterocycles. The van der Waals surface area contributed by atoms with Gasteiger partial charge in [-0.15, -0.1) is 0 Å². The van der Waals surface area contributed by atoms with Gasteiger partial charge in [0.1, 0.15) is 10.7 Å². The SMILES string of the molecule is CCCCCCNc1ccc(F)cc1S(=O)(=O)C(F)(F)F. The summed E-state index contributed by atoms with van der Waals surface area (Å²) < 4.78 is 73.7. The molecule has 1 aromatic rings. The van der Waals surface area contributed by atoms with Gasteiger partial charge in [0.15, 0.2) is 0 Å². The molecule has 0 unspecified atom stereocenters. The van der Waals surface area contributed by atoms with E-state index < -0.39 is 26.1 Å². The van der Waals surface area contributed by atoms with Crippen LogP contribution in [0, 0.1) is 5.82 Å². The van der Waals surface area contributed by atoms with E-state index in [9.17, 15) is 26.0 Å². The Morgan fingerprint density at radius 3 is 2.38 bits per heavy atom. The van der Waals surface area contributed by atoms with E-state index in [1.165, 1.54) is 0 Å². The zero-order chi connectivity index (χ0) is 16.1. The van der Waals surface area contributed by atoms with Gasteiger partial charge in [-0.1, -0.05) is 26.2 Å². The maximum absolute atomic E-state index is 13.1. The predicted molar refractivity (Wildman–Crippen MR) is 72.3 cm³/mol. The van der Waals surface area contributed by atoms with Gasteiger partial charge in [-0.25, -0.2) is 12.8 Å². The van der Waals surface area contributed by atoms with Crippen molar-refractivity contribution in [1.29, 1.82) is 0 Å². The van der Waals surface area contributed by atoms with Gasteiger partial charge in [0.25, 0.3) is 9.84 Å². The van der Waals surface area contributed by atoms with E-state index >= 15 is 0 Å². The van der Waals surface area contributed by atoms with Gasteiger partial charge in [0.05, 0.1) is 5.69 Å². The van der Waals surface area contributed by atoms with Crippen LogP contribution in [0.5, 0.6) is 0 Å². The zero-order valence-electron chi connectivity index (χ0n) is 11.5. The number of rotatable bonds is 7. The third-order valence-corrected chi connectivity index (χ3v) is 4.41. The van der Waals surface area contributed by atoms with E-state index in [0.29, 0.717) is 19.0 Å². The fraction of sp³-hybridized carbons (Fsp3) is 0.538. The van der Waals surface area contributed by atoms with Gasteiger partial charge in [-0.05, 0) is 24.6 Å². The van der Waals surface area contributed by atoms with Gasteiger partial charge in [-0.3, -0.25) is 0 Å². The molecule has 8 heteroatoms. The Bertz CT molecular complexity index is 570. The van der Waals surface area contributed by atoms with Gasteiger partial charge in [0.2, 0.25) is 0 Å². The summed E-state index contributed by atoms with van der Waals surface area (Å²) in [6, 6.07) is 2.31. The van der Waals surface area contributed by atoms with Crippen molar-refractivity contribution in [3.8, 4) is 0 Å². The first kappa shape index (κ1) is 17.7. The zero-order valence-corrected chi connectivity index (χ0v) is 12.3. The van der Waals surface area contributed by atoms with Crippen LogP contribution in [0.15, 0.2) is 23.1 Å². The number of alkyl halides is 3. The number of benzene rings is 1. The molecule has 1 aromatic carbocycles. The second kappa shape index (κ2) is 7.11. The first-order valence-corrected chi connectivity index (χ1v) is 8.03. The van der Waals surface area contributed by atoms with Crippen molar-refractivity contribution in [2.75, 3.05) is 11.9 Å². The first-order chi connectivity index (χ1) is 9.70. The molecule has 3 nitrogen and oxygen atoms in total. The van der Waals surface area contributed by atoms with Crippen LogP contribution in [0.3, 0.4) is 0 Å². The van der Waals surface area contributed by atoms with Crippen LogP contribution in [-0.2, 0) is 9.84 Å². The standard InChI is InChI=1S/C13H17F4NO2S/c1-2-3-4-5-8-18-11-7-6-10(14)9-12(11)21(19,20)13(15,16)17/h6-7,9,18H,2-5,8H2,1H3. The Hall–Kier alpha value is -1.31. The van der Waals surface area contributed by atoms with E-state index in [1.807, 2.05) is 6.92 Å². The first-order valence-electron chi connectivity index (χ1n) is 6.55. The van der Waals surface area contributed by atoms with Crippen molar-refractivity contribution in [1.82, 2.24) is 0 Å². The van der Waals surface area contributed by atoms with Gasteiger partial charge in [0, 0.05) is 6.54 Å². The summed E-state index contributed by atoms with van der Waals surface area (Å²) in [6.45, 7) is 2.34. The molecule has 0 aliphatic carbocycles. The molecule has 0 aliphatic rings. The molecule has 0 amide bonds. The molecule has 0 radical (unpaired) electrons. The number of hydrogen-bond acceptors (Lipinski definition) is 3. The summed E-state index contributed by atoms with van der Waals surface area (Å²) >= 11 is 0. The molecule has 21 heavy (non-hydrogen) atoms. The average Bonchev–Trinajstić information content (AvgIpc) is 2.38. The van der Waals surface area contributed by atoms with E-state index in [1.54, 1.807) is 0 Å². The topological polar surface area (TPSA) is 46.2 Å². The van der Waals surface area contributed by atoms with Crippen LogP contribution in [0.1, 0.15) is 32.6 Å². The molecule has 0 bridgehead atoms. The summed E-state index contributed by atoms with van der Waals surface area (Å²) in [4.78, 5) is -1.08. The van der Waals surface area contributed by atoms with Crippen LogP contribution < -0.4 is 5.32 Å². The normalized spacial score (nSPS) is 12.4. The highest BCUT2D eigenvalue weighted by Gasteiger charge is 2.48. The molecular weight excluding hydrogens is 310 g/mol. The predicted octanol–water partition coefficient (Wildman–Crippen LogP) is 4.11. The lowest BCUT2D eigenvalue weighted by Gasteiger charge is -2.14. The minimum atomic E-state index is -5.58. The highest BCUT2D eigenvalue weighted by atomic mass is 32.2. The largest absolute Gasteiger partial charge is 0.501 e. The molecule has 1 N–H and O–H groups in total. The molecule has 0 saturated carbocycles.